The fourth-order valence-electron chi connectivity index (χ4n) is 1.64. The summed E-state index contributed by atoms with van der Waals surface area (Å²) in [6, 6.07) is 0. The summed E-state index contributed by atoms with van der Waals surface area (Å²) in [4.78, 5) is 22.0. The summed E-state index contributed by atoms with van der Waals surface area (Å²) >= 11 is 0. The standard InChI is InChI=1S/C9H14O3/c1-6-7(3-4-8(6)10)5-9(11)12-2/h6-7H,3-5H2,1-2H3. The summed E-state index contributed by atoms with van der Waals surface area (Å²) in [5.41, 5.74) is 0. The molecule has 3 heteroatoms. The summed E-state index contributed by atoms with van der Waals surface area (Å²) < 4.78 is 4.55. The first-order valence-electron chi connectivity index (χ1n) is 4.24. The fourth-order valence-corrected chi connectivity index (χ4v) is 1.64. The number of carbonyl (C=O) groups is 2. The molecule has 12 heavy (non-hydrogen) atoms. The van der Waals surface area contributed by atoms with Crippen LogP contribution in [0.15, 0.2) is 0 Å². The number of ether oxygens (including phenoxy) is 1. The van der Waals surface area contributed by atoms with E-state index in [1.807, 2.05) is 6.92 Å². The Morgan fingerprint density at radius 1 is 1.67 bits per heavy atom. The van der Waals surface area contributed by atoms with Crippen molar-refractivity contribution in [2.24, 2.45) is 11.8 Å². The highest BCUT2D eigenvalue weighted by atomic mass is 16.5. The third kappa shape index (κ3) is 1.84. The predicted molar refractivity (Wildman–Crippen MR) is 43.5 cm³/mol. The van der Waals surface area contributed by atoms with Crippen LogP contribution in [0.25, 0.3) is 0 Å². The Hall–Kier alpha value is -0.860. The number of hydrogen-bond donors (Lipinski definition) is 0. The maximum Gasteiger partial charge on any atom is 0.305 e. The first-order valence-corrected chi connectivity index (χ1v) is 4.24. The molecule has 68 valence electrons. The van der Waals surface area contributed by atoms with Crippen LogP contribution in [-0.4, -0.2) is 18.9 Å². The molecule has 1 aliphatic rings. The molecule has 0 radical (unpaired) electrons. The topological polar surface area (TPSA) is 43.4 Å². The van der Waals surface area contributed by atoms with E-state index in [1.165, 1.54) is 7.11 Å². The van der Waals surface area contributed by atoms with Crippen molar-refractivity contribution in [3.05, 3.63) is 0 Å². The molecule has 1 rings (SSSR count). The fraction of sp³-hybridized carbons (Fsp3) is 0.778. The van der Waals surface area contributed by atoms with Gasteiger partial charge in [0.2, 0.25) is 0 Å². The zero-order valence-corrected chi connectivity index (χ0v) is 7.50. The average molecular weight is 170 g/mol. The van der Waals surface area contributed by atoms with Crippen molar-refractivity contribution >= 4 is 11.8 Å². The SMILES string of the molecule is COC(=O)CC1CCC(=O)C1C. The molecule has 0 aromatic carbocycles. The van der Waals surface area contributed by atoms with E-state index in [-0.39, 0.29) is 23.6 Å². The van der Waals surface area contributed by atoms with Gasteiger partial charge in [0.15, 0.2) is 0 Å². The molecule has 0 heterocycles. The maximum atomic E-state index is 11.1. The number of methoxy groups -OCH3 is 1. The monoisotopic (exact) mass is 170 g/mol. The van der Waals surface area contributed by atoms with E-state index >= 15 is 0 Å². The smallest absolute Gasteiger partial charge is 0.305 e. The summed E-state index contributed by atoms with van der Waals surface area (Å²) in [7, 11) is 1.38. The molecule has 0 saturated heterocycles. The molecule has 0 bridgehead atoms. The number of carbonyl (C=O) groups excluding carboxylic acids is 2. The van der Waals surface area contributed by atoms with Gasteiger partial charge in [-0.2, -0.15) is 0 Å². The molecule has 2 atom stereocenters. The number of rotatable bonds is 2. The van der Waals surface area contributed by atoms with Crippen LogP contribution < -0.4 is 0 Å². The van der Waals surface area contributed by atoms with E-state index in [0.29, 0.717) is 12.8 Å². The Balaban J connectivity index is 2.44. The Bertz CT molecular complexity index is 198. The lowest BCUT2D eigenvalue weighted by Crippen LogP contribution is -2.15. The van der Waals surface area contributed by atoms with Gasteiger partial charge in [0.05, 0.1) is 7.11 Å². The molecule has 3 nitrogen and oxygen atoms in total. The molecule has 0 aliphatic heterocycles. The van der Waals surface area contributed by atoms with Gasteiger partial charge in [0.25, 0.3) is 0 Å². The van der Waals surface area contributed by atoms with Gasteiger partial charge in [-0.25, -0.2) is 0 Å². The van der Waals surface area contributed by atoms with Crippen molar-refractivity contribution in [2.45, 2.75) is 26.2 Å². The molecule has 0 aromatic rings. The largest absolute Gasteiger partial charge is 0.469 e. The van der Waals surface area contributed by atoms with Gasteiger partial charge < -0.3 is 4.74 Å². The third-order valence-corrected chi connectivity index (χ3v) is 2.63. The molecule has 0 aromatic heterocycles. The van der Waals surface area contributed by atoms with Crippen molar-refractivity contribution in [1.82, 2.24) is 0 Å². The first kappa shape index (κ1) is 9.23. The quantitative estimate of drug-likeness (QED) is 0.584. The molecule has 0 amide bonds. The van der Waals surface area contributed by atoms with E-state index in [0.717, 1.165) is 6.42 Å². The number of ketones is 1. The van der Waals surface area contributed by atoms with Gasteiger partial charge in [-0.3, -0.25) is 9.59 Å². The van der Waals surface area contributed by atoms with E-state index in [4.69, 9.17) is 0 Å². The number of Topliss-reactive ketones (excluding diaryl/α,β-unsaturated/α-hetero) is 1. The van der Waals surface area contributed by atoms with Crippen LogP contribution in [0.3, 0.4) is 0 Å². The zero-order valence-electron chi connectivity index (χ0n) is 7.50. The van der Waals surface area contributed by atoms with Crippen LogP contribution in [0.1, 0.15) is 26.2 Å². The highest BCUT2D eigenvalue weighted by molar-refractivity contribution is 5.84. The molecule has 1 saturated carbocycles. The second kappa shape index (κ2) is 3.70. The van der Waals surface area contributed by atoms with E-state index < -0.39 is 0 Å². The maximum absolute atomic E-state index is 11.1. The molecular weight excluding hydrogens is 156 g/mol. The third-order valence-electron chi connectivity index (χ3n) is 2.63. The predicted octanol–water partition coefficient (Wildman–Crippen LogP) is 1.16. The van der Waals surface area contributed by atoms with Crippen LogP contribution in [0.4, 0.5) is 0 Å². The molecule has 2 unspecified atom stereocenters. The summed E-state index contributed by atoms with van der Waals surface area (Å²) in [6.45, 7) is 1.89. The van der Waals surface area contributed by atoms with Gasteiger partial charge in [0, 0.05) is 18.8 Å². The summed E-state index contributed by atoms with van der Waals surface area (Å²) in [6.07, 6.45) is 1.86. The van der Waals surface area contributed by atoms with E-state index in [9.17, 15) is 9.59 Å². The molecule has 1 fully saturated rings. The lowest BCUT2D eigenvalue weighted by Gasteiger charge is -2.11. The Morgan fingerprint density at radius 2 is 2.33 bits per heavy atom. The first-order chi connectivity index (χ1) is 5.65. The van der Waals surface area contributed by atoms with Crippen LogP contribution in [0.5, 0.6) is 0 Å². The van der Waals surface area contributed by atoms with Crippen LogP contribution in [-0.2, 0) is 14.3 Å². The van der Waals surface area contributed by atoms with Crippen LogP contribution in [0, 0.1) is 11.8 Å². The molecular formula is C9H14O3. The summed E-state index contributed by atoms with van der Waals surface area (Å²) in [5.74, 6) is 0.333. The Kier molecular flexibility index (Phi) is 2.84. The summed E-state index contributed by atoms with van der Waals surface area (Å²) in [5, 5.41) is 0. The Morgan fingerprint density at radius 3 is 2.75 bits per heavy atom. The van der Waals surface area contributed by atoms with Gasteiger partial charge in [0.1, 0.15) is 5.78 Å². The minimum Gasteiger partial charge on any atom is -0.469 e. The Labute approximate surface area is 72.1 Å². The average Bonchev–Trinajstić information content (AvgIpc) is 2.36. The zero-order chi connectivity index (χ0) is 9.14. The van der Waals surface area contributed by atoms with Crippen molar-refractivity contribution < 1.29 is 14.3 Å². The second-order valence-corrected chi connectivity index (χ2v) is 3.33. The second-order valence-electron chi connectivity index (χ2n) is 3.33. The number of hydrogen-bond acceptors (Lipinski definition) is 3. The molecule has 1 aliphatic carbocycles. The minimum absolute atomic E-state index is 0.0455. The molecule has 0 N–H and O–H groups in total. The van der Waals surface area contributed by atoms with Crippen molar-refractivity contribution in [2.75, 3.05) is 7.11 Å². The minimum atomic E-state index is -0.207. The van der Waals surface area contributed by atoms with Gasteiger partial charge in [-0.1, -0.05) is 6.92 Å². The highest BCUT2D eigenvalue weighted by Crippen LogP contribution is 2.30. The van der Waals surface area contributed by atoms with Gasteiger partial charge >= 0.3 is 5.97 Å². The van der Waals surface area contributed by atoms with E-state index in [1.54, 1.807) is 0 Å². The van der Waals surface area contributed by atoms with Crippen molar-refractivity contribution in [3.63, 3.8) is 0 Å². The lowest BCUT2D eigenvalue weighted by molar-refractivity contribution is -0.142. The van der Waals surface area contributed by atoms with Crippen LogP contribution >= 0.6 is 0 Å². The van der Waals surface area contributed by atoms with Crippen molar-refractivity contribution in [3.8, 4) is 0 Å². The van der Waals surface area contributed by atoms with Gasteiger partial charge in [-0.15, -0.1) is 0 Å². The normalized spacial score (nSPS) is 29.0. The molecule has 0 spiro atoms. The highest BCUT2D eigenvalue weighted by Gasteiger charge is 2.32. The van der Waals surface area contributed by atoms with E-state index in [2.05, 4.69) is 4.74 Å². The number of esters is 1. The van der Waals surface area contributed by atoms with Crippen molar-refractivity contribution in [1.29, 1.82) is 0 Å². The van der Waals surface area contributed by atoms with Gasteiger partial charge in [-0.05, 0) is 12.3 Å². The van der Waals surface area contributed by atoms with Crippen LogP contribution in [0.2, 0.25) is 0 Å². The lowest BCUT2D eigenvalue weighted by atomic mass is 9.94.